The molecule has 0 aromatic heterocycles. The van der Waals surface area contributed by atoms with E-state index in [-0.39, 0.29) is 62.0 Å². The maximum Gasteiger partial charge on any atom is 0.326 e. The van der Waals surface area contributed by atoms with Gasteiger partial charge in [0.1, 0.15) is 47.8 Å². The highest BCUT2D eigenvalue weighted by molar-refractivity contribution is 5.97. The van der Waals surface area contributed by atoms with E-state index in [1.165, 1.54) is 43.3 Å². The second-order valence-electron chi connectivity index (χ2n) is 16.5. The summed E-state index contributed by atoms with van der Waals surface area (Å²) in [5.74, 6) is -8.58. The van der Waals surface area contributed by atoms with E-state index in [4.69, 9.17) is 17.2 Å². The van der Waals surface area contributed by atoms with Gasteiger partial charge in [0.25, 0.3) is 0 Å². The van der Waals surface area contributed by atoms with Crippen LogP contribution in [0.5, 0.6) is 11.5 Å². The van der Waals surface area contributed by atoms with Crippen LogP contribution in [0.2, 0.25) is 0 Å². The van der Waals surface area contributed by atoms with Gasteiger partial charge in [-0.15, -0.1) is 0 Å². The number of aromatic hydroxyl groups is 2. The molecule has 0 aliphatic heterocycles. The van der Waals surface area contributed by atoms with E-state index in [0.29, 0.717) is 17.5 Å². The van der Waals surface area contributed by atoms with E-state index in [9.17, 15) is 58.8 Å². The monoisotopic (exact) mass is 926 g/mol. The SMILES string of the molecule is CCC(C)C(NC(=O)C(CCC(=O)O)NC(=O)C(Cc1ccc(O)cc1)NC(=O)C(CC(C)C)NC(=O)C(N)Cc1ccc(O)cc1)C(=O)NC(C)C(=O)NC(CCCN=C(N)N)C(=O)O. The molecule has 0 aliphatic rings. The lowest BCUT2D eigenvalue weighted by Gasteiger charge is -2.29. The van der Waals surface area contributed by atoms with Gasteiger partial charge in [-0.1, -0.05) is 58.4 Å². The molecule has 2 aromatic carbocycles. The molecule has 22 heteroatoms. The van der Waals surface area contributed by atoms with Gasteiger partial charge in [-0.05, 0) is 86.3 Å². The Labute approximate surface area is 383 Å². The molecule has 0 saturated heterocycles. The van der Waals surface area contributed by atoms with Gasteiger partial charge in [0.05, 0.1) is 6.04 Å². The van der Waals surface area contributed by atoms with Gasteiger partial charge in [-0.25, -0.2) is 4.79 Å². The van der Waals surface area contributed by atoms with Gasteiger partial charge >= 0.3 is 11.9 Å². The van der Waals surface area contributed by atoms with Crippen LogP contribution in [0.25, 0.3) is 0 Å². The van der Waals surface area contributed by atoms with Gasteiger partial charge in [-0.3, -0.25) is 38.6 Å². The zero-order chi connectivity index (χ0) is 49.7. The van der Waals surface area contributed by atoms with Crippen molar-refractivity contribution in [1.29, 1.82) is 0 Å². The number of nitrogens with two attached hydrogens (primary N) is 3. The number of hydrogen-bond acceptors (Lipinski definition) is 12. The van der Waals surface area contributed by atoms with Crippen molar-refractivity contribution in [1.82, 2.24) is 31.9 Å². The molecule has 0 heterocycles. The summed E-state index contributed by atoms with van der Waals surface area (Å²) >= 11 is 0. The van der Waals surface area contributed by atoms with Crippen LogP contribution in [0, 0.1) is 11.8 Å². The number of phenolic OH excluding ortho intramolecular Hbond substituents is 2. The molecule has 0 bridgehead atoms. The number of hydrogen-bond donors (Lipinski definition) is 13. The Morgan fingerprint density at radius 2 is 1.11 bits per heavy atom. The van der Waals surface area contributed by atoms with Gasteiger partial charge in [0.2, 0.25) is 35.4 Å². The topological polar surface area (TPSA) is 380 Å². The average molecular weight is 927 g/mol. The Bertz CT molecular complexity index is 1990. The quantitative estimate of drug-likeness (QED) is 0.0283. The van der Waals surface area contributed by atoms with E-state index >= 15 is 0 Å². The van der Waals surface area contributed by atoms with Gasteiger partial charge in [0.15, 0.2) is 5.96 Å². The molecule has 8 atom stereocenters. The summed E-state index contributed by atoms with van der Waals surface area (Å²) in [5.41, 5.74) is 17.9. The summed E-state index contributed by atoms with van der Waals surface area (Å²) in [5, 5.41) is 53.9. The predicted octanol–water partition coefficient (Wildman–Crippen LogP) is -0.766. The summed E-state index contributed by atoms with van der Waals surface area (Å²) < 4.78 is 0. The molecule has 0 saturated carbocycles. The van der Waals surface area contributed by atoms with Crippen LogP contribution in [0.4, 0.5) is 0 Å². The minimum Gasteiger partial charge on any atom is -0.508 e. The summed E-state index contributed by atoms with van der Waals surface area (Å²) in [6.07, 6.45) is -0.515. The van der Waals surface area contributed by atoms with E-state index in [1.54, 1.807) is 26.0 Å². The van der Waals surface area contributed by atoms with Gasteiger partial charge in [0, 0.05) is 19.4 Å². The van der Waals surface area contributed by atoms with E-state index in [2.05, 4.69) is 36.9 Å². The Balaban J connectivity index is 2.35. The molecule has 2 rings (SSSR count). The third-order valence-corrected chi connectivity index (χ3v) is 10.5. The number of aliphatic carboxylic acids is 2. The first-order valence-corrected chi connectivity index (χ1v) is 21.6. The number of guanidine groups is 1. The molecule has 364 valence electrons. The Kier molecular flexibility index (Phi) is 22.9. The van der Waals surface area contributed by atoms with E-state index in [1.807, 2.05) is 13.8 Å². The Morgan fingerprint density at radius 3 is 1.62 bits per heavy atom. The predicted molar refractivity (Wildman–Crippen MR) is 242 cm³/mol. The largest absolute Gasteiger partial charge is 0.508 e. The number of carbonyl (C=O) groups is 8. The smallest absolute Gasteiger partial charge is 0.326 e. The third kappa shape index (κ3) is 19.8. The first-order valence-electron chi connectivity index (χ1n) is 21.6. The number of nitrogens with one attached hydrogen (secondary N) is 6. The maximum atomic E-state index is 14.2. The fourth-order valence-corrected chi connectivity index (χ4v) is 6.50. The molecule has 0 aliphatic carbocycles. The molecule has 8 unspecified atom stereocenters. The standard InChI is InChI=1S/C44H66N10O12/c1-6-24(4)36(42(64)49-25(5)37(59)51-32(43(65)66)8-7-19-48-44(46)47)54-39(61)31(17-18-35(57)58)50-41(63)34(22-27-11-15-29(56)16-12-27)53-40(62)33(20-23(2)3)52-38(60)30(45)21-26-9-13-28(55)14-10-26/h9-16,23-25,30-34,36,55-56H,6-8,17-22,45H2,1-5H3,(H,49,64)(H,50,63)(H,51,59)(H,52,60)(H,53,62)(H,54,61)(H,57,58)(H,65,66)(H4,46,47,48). The lowest BCUT2D eigenvalue weighted by atomic mass is 9.97. The number of carboxylic acids is 2. The number of amides is 6. The molecule has 6 amide bonds. The van der Waals surface area contributed by atoms with Gasteiger partial charge < -0.3 is 69.5 Å². The van der Waals surface area contributed by atoms with Crippen molar-refractivity contribution >= 4 is 53.3 Å². The Morgan fingerprint density at radius 1 is 0.606 bits per heavy atom. The molecular weight excluding hydrogens is 861 g/mol. The molecule has 0 radical (unpaired) electrons. The number of carboxylic acid groups (broad SMARTS) is 2. The van der Waals surface area contributed by atoms with E-state index in [0.717, 1.165) is 0 Å². The second kappa shape index (κ2) is 27.4. The minimum atomic E-state index is -1.58. The fourth-order valence-electron chi connectivity index (χ4n) is 6.50. The highest BCUT2D eigenvalue weighted by Crippen LogP contribution is 2.15. The van der Waals surface area contributed by atoms with Crippen molar-refractivity contribution in [2.45, 2.75) is 128 Å². The number of rotatable bonds is 28. The highest BCUT2D eigenvalue weighted by atomic mass is 16.4. The first kappa shape index (κ1) is 55.2. The summed E-state index contributed by atoms with van der Waals surface area (Å²) in [7, 11) is 0. The van der Waals surface area contributed by atoms with Crippen molar-refractivity contribution in [2.24, 2.45) is 34.0 Å². The van der Waals surface area contributed by atoms with Crippen LogP contribution in [-0.2, 0) is 51.2 Å². The molecule has 0 fully saturated rings. The summed E-state index contributed by atoms with van der Waals surface area (Å²) in [4.78, 5) is 109. The van der Waals surface area contributed by atoms with Crippen LogP contribution in [-0.4, -0.2) is 123 Å². The molecule has 22 nitrogen and oxygen atoms in total. The van der Waals surface area contributed by atoms with Crippen molar-refractivity contribution in [2.75, 3.05) is 6.54 Å². The van der Waals surface area contributed by atoms with Crippen LogP contribution >= 0.6 is 0 Å². The Hall–Kier alpha value is -6.97. The van der Waals surface area contributed by atoms with Crippen molar-refractivity contribution in [3.63, 3.8) is 0 Å². The first-order chi connectivity index (χ1) is 31.0. The van der Waals surface area contributed by atoms with Crippen molar-refractivity contribution in [3.8, 4) is 11.5 Å². The molecule has 0 spiro atoms. The number of nitrogens with zero attached hydrogens (tertiary/aromatic N) is 1. The zero-order valence-corrected chi connectivity index (χ0v) is 37.9. The van der Waals surface area contributed by atoms with Crippen LogP contribution in [0.15, 0.2) is 53.5 Å². The summed E-state index contributed by atoms with van der Waals surface area (Å²) in [6, 6.07) is 2.56. The third-order valence-electron chi connectivity index (χ3n) is 10.5. The number of phenols is 2. The van der Waals surface area contributed by atoms with Crippen molar-refractivity contribution < 1.29 is 58.8 Å². The van der Waals surface area contributed by atoms with Crippen LogP contribution in [0.1, 0.15) is 84.3 Å². The number of aliphatic imine (C=N–C) groups is 1. The van der Waals surface area contributed by atoms with Gasteiger partial charge in [-0.2, -0.15) is 0 Å². The maximum absolute atomic E-state index is 14.2. The fraction of sp³-hybridized carbons (Fsp3) is 0.523. The molecule has 2 aromatic rings. The zero-order valence-electron chi connectivity index (χ0n) is 37.9. The second-order valence-corrected chi connectivity index (χ2v) is 16.5. The summed E-state index contributed by atoms with van der Waals surface area (Å²) in [6.45, 7) is 8.41. The van der Waals surface area contributed by atoms with Crippen molar-refractivity contribution in [3.05, 3.63) is 59.7 Å². The minimum absolute atomic E-state index is 0.0280. The van der Waals surface area contributed by atoms with Crippen LogP contribution < -0.4 is 49.1 Å². The molecule has 16 N–H and O–H groups in total. The average Bonchev–Trinajstić information content (AvgIpc) is 3.25. The normalized spacial score (nSPS) is 14.7. The van der Waals surface area contributed by atoms with Crippen LogP contribution in [0.3, 0.4) is 0 Å². The number of carbonyl (C=O) groups excluding carboxylic acids is 6. The van der Waals surface area contributed by atoms with E-state index < -0.39 is 108 Å². The highest BCUT2D eigenvalue weighted by Gasteiger charge is 2.35. The molecule has 66 heavy (non-hydrogen) atoms. The molecular formula is C44H66N10O12. The number of benzene rings is 2. The lowest BCUT2D eigenvalue weighted by Crippen LogP contribution is -2.60. The lowest BCUT2D eigenvalue weighted by molar-refractivity contribution is -0.142.